The molecule has 23 heavy (non-hydrogen) atoms. The highest BCUT2D eigenvalue weighted by atomic mass is 35.5. The van der Waals surface area contributed by atoms with Crippen LogP contribution in [0.3, 0.4) is 0 Å². The van der Waals surface area contributed by atoms with E-state index in [2.05, 4.69) is 5.32 Å². The summed E-state index contributed by atoms with van der Waals surface area (Å²) in [7, 11) is 0. The highest BCUT2D eigenvalue weighted by Crippen LogP contribution is 2.31. The van der Waals surface area contributed by atoms with Crippen LogP contribution in [-0.2, 0) is 9.59 Å². The number of hydrogen-bond donors (Lipinski definition) is 1. The van der Waals surface area contributed by atoms with E-state index >= 15 is 0 Å². The van der Waals surface area contributed by atoms with Gasteiger partial charge in [-0.1, -0.05) is 35.9 Å². The summed E-state index contributed by atoms with van der Waals surface area (Å²) in [6.45, 7) is 0. The van der Waals surface area contributed by atoms with Crippen molar-refractivity contribution >= 4 is 34.8 Å². The Kier molecular flexibility index (Phi) is 3.83. The number of hydrogen-bond acceptors (Lipinski definition) is 3. The maximum atomic E-state index is 13.8. The van der Waals surface area contributed by atoms with Crippen LogP contribution in [0, 0.1) is 11.6 Å². The molecule has 0 fully saturated rings. The van der Waals surface area contributed by atoms with Gasteiger partial charge in [0.1, 0.15) is 22.4 Å². The summed E-state index contributed by atoms with van der Waals surface area (Å²) in [5.74, 6) is -3.09. The zero-order valence-electron chi connectivity index (χ0n) is 11.5. The van der Waals surface area contributed by atoms with Crippen LogP contribution in [0.5, 0.6) is 0 Å². The number of rotatable bonds is 3. The number of halogens is 3. The predicted molar refractivity (Wildman–Crippen MR) is 81.8 cm³/mol. The largest absolute Gasteiger partial charge is 0.347 e. The minimum Gasteiger partial charge on any atom is -0.347 e. The zero-order chi connectivity index (χ0) is 16.6. The molecule has 1 heterocycles. The second-order valence-electron chi connectivity index (χ2n) is 4.69. The molecule has 0 spiro atoms. The minimum absolute atomic E-state index is 0.0165. The molecule has 0 saturated heterocycles. The van der Waals surface area contributed by atoms with E-state index in [0.717, 1.165) is 6.07 Å². The van der Waals surface area contributed by atoms with Gasteiger partial charge in [0.05, 0.1) is 11.4 Å². The summed E-state index contributed by atoms with van der Waals surface area (Å²) in [6, 6.07) is 10.9. The molecule has 0 saturated carbocycles. The van der Waals surface area contributed by atoms with Gasteiger partial charge < -0.3 is 5.32 Å². The number of amides is 2. The fourth-order valence-corrected chi connectivity index (χ4v) is 2.37. The van der Waals surface area contributed by atoms with Gasteiger partial charge in [-0.05, 0) is 24.3 Å². The zero-order valence-corrected chi connectivity index (χ0v) is 12.3. The summed E-state index contributed by atoms with van der Waals surface area (Å²) in [6.07, 6.45) is 0. The number of nitrogens with zero attached hydrogens (tertiary/aromatic N) is 1. The number of anilines is 2. The van der Waals surface area contributed by atoms with Crippen LogP contribution in [0.1, 0.15) is 0 Å². The Morgan fingerprint density at radius 2 is 1.48 bits per heavy atom. The topological polar surface area (TPSA) is 49.4 Å². The maximum absolute atomic E-state index is 13.8. The lowest BCUT2D eigenvalue weighted by atomic mass is 10.2. The standard InChI is InChI=1S/C16H9ClF2N2O2/c17-13-14(20-11-7-3-1-5-9(11)18)16(23)21(15(13)22)12-8-4-2-6-10(12)19/h1-8,20H. The number of carbonyl (C=O) groups is 2. The Labute approximate surface area is 135 Å². The number of carbonyl (C=O) groups excluding carboxylic acids is 2. The molecule has 4 nitrogen and oxygen atoms in total. The van der Waals surface area contributed by atoms with Crippen molar-refractivity contribution in [1.82, 2.24) is 0 Å². The third kappa shape index (κ3) is 2.57. The molecule has 0 aliphatic carbocycles. The Morgan fingerprint density at radius 3 is 2.13 bits per heavy atom. The normalized spacial score (nSPS) is 14.7. The molecule has 0 aromatic heterocycles. The molecule has 2 amide bonds. The first-order valence-electron chi connectivity index (χ1n) is 6.55. The van der Waals surface area contributed by atoms with E-state index in [9.17, 15) is 18.4 Å². The third-order valence-corrected chi connectivity index (χ3v) is 3.60. The molecule has 2 aromatic carbocycles. The first-order chi connectivity index (χ1) is 11.0. The summed E-state index contributed by atoms with van der Waals surface area (Å²) in [4.78, 5) is 25.2. The number of para-hydroxylation sites is 2. The molecular weight excluding hydrogens is 326 g/mol. The molecule has 0 unspecified atom stereocenters. The lowest BCUT2D eigenvalue weighted by Crippen LogP contribution is -2.33. The van der Waals surface area contributed by atoms with Crippen LogP contribution in [-0.4, -0.2) is 11.8 Å². The third-order valence-electron chi connectivity index (χ3n) is 3.25. The van der Waals surface area contributed by atoms with E-state index in [1.807, 2.05) is 0 Å². The van der Waals surface area contributed by atoms with E-state index < -0.39 is 28.5 Å². The van der Waals surface area contributed by atoms with Crippen LogP contribution >= 0.6 is 11.6 Å². The molecule has 0 bridgehead atoms. The molecule has 3 rings (SSSR count). The molecule has 1 N–H and O–H groups in total. The van der Waals surface area contributed by atoms with E-state index in [-0.39, 0.29) is 17.1 Å². The van der Waals surface area contributed by atoms with Gasteiger partial charge in [-0.2, -0.15) is 0 Å². The van der Waals surface area contributed by atoms with Gasteiger partial charge in [-0.3, -0.25) is 9.59 Å². The van der Waals surface area contributed by atoms with Crippen molar-refractivity contribution in [3.63, 3.8) is 0 Å². The second kappa shape index (κ2) is 5.81. The van der Waals surface area contributed by atoms with Gasteiger partial charge in [0.25, 0.3) is 11.8 Å². The number of nitrogens with one attached hydrogen (secondary N) is 1. The Hall–Kier alpha value is -2.73. The molecule has 0 radical (unpaired) electrons. The van der Waals surface area contributed by atoms with Gasteiger partial charge >= 0.3 is 0 Å². The quantitative estimate of drug-likeness (QED) is 0.875. The van der Waals surface area contributed by atoms with Gasteiger partial charge in [-0.15, -0.1) is 0 Å². The van der Waals surface area contributed by atoms with Crippen molar-refractivity contribution in [3.8, 4) is 0 Å². The highest BCUT2D eigenvalue weighted by Gasteiger charge is 2.40. The van der Waals surface area contributed by atoms with E-state index in [1.165, 1.54) is 36.4 Å². The molecule has 1 aliphatic rings. The molecule has 2 aromatic rings. The lowest BCUT2D eigenvalue weighted by molar-refractivity contribution is -0.120. The van der Waals surface area contributed by atoms with Gasteiger partial charge in [0.2, 0.25) is 0 Å². The smallest absolute Gasteiger partial charge is 0.283 e. The number of imide groups is 1. The first kappa shape index (κ1) is 15.2. The van der Waals surface area contributed by atoms with Crippen LogP contribution in [0.2, 0.25) is 0 Å². The van der Waals surface area contributed by atoms with Crippen molar-refractivity contribution in [2.75, 3.05) is 10.2 Å². The Morgan fingerprint density at radius 1 is 0.870 bits per heavy atom. The second-order valence-corrected chi connectivity index (χ2v) is 5.07. The molecule has 7 heteroatoms. The van der Waals surface area contributed by atoms with Crippen LogP contribution < -0.4 is 10.2 Å². The van der Waals surface area contributed by atoms with Crippen LogP contribution in [0.25, 0.3) is 0 Å². The molecule has 0 atom stereocenters. The van der Waals surface area contributed by atoms with Crippen molar-refractivity contribution < 1.29 is 18.4 Å². The monoisotopic (exact) mass is 334 g/mol. The summed E-state index contributed by atoms with van der Waals surface area (Å²) < 4.78 is 27.5. The number of benzene rings is 2. The van der Waals surface area contributed by atoms with Crippen molar-refractivity contribution in [1.29, 1.82) is 0 Å². The molecular formula is C16H9ClF2N2O2. The fourth-order valence-electron chi connectivity index (χ4n) is 2.16. The SMILES string of the molecule is O=C1C(Cl)=C(Nc2ccccc2F)C(=O)N1c1ccccc1F. The Balaban J connectivity index is 1.97. The van der Waals surface area contributed by atoms with Crippen molar-refractivity contribution in [2.45, 2.75) is 0 Å². The van der Waals surface area contributed by atoms with Crippen LogP contribution in [0.4, 0.5) is 20.2 Å². The summed E-state index contributed by atoms with van der Waals surface area (Å²) in [5, 5.41) is 2.07. The van der Waals surface area contributed by atoms with Gasteiger partial charge in [0.15, 0.2) is 0 Å². The van der Waals surface area contributed by atoms with E-state index in [0.29, 0.717) is 4.90 Å². The highest BCUT2D eigenvalue weighted by molar-refractivity contribution is 6.53. The average molecular weight is 335 g/mol. The minimum atomic E-state index is -0.874. The first-order valence-corrected chi connectivity index (χ1v) is 6.93. The summed E-state index contributed by atoms with van der Waals surface area (Å²) in [5.41, 5.74) is -0.534. The van der Waals surface area contributed by atoms with Crippen molar-refractivity contribution in [3.05, 3.63) is 70.9 Å². The van der Waals surface area contributed by atoms with Gasteiger partial charge in [0, 0.05) is 0 Å². The maximum Gasteiger partial charge on any atom is 0.283 e. The lowest BCUT2D eigenvalue weighted by Gasteiger charge is -2.15. The van der Waals surface area contributed by atoms with Gasteiger partial charge in [-0.25, -0.2) is 13.7 Å². The van der Waals surface area contributed by atoms with E-state index in [4.69, 9.17) is 11.6 Å². The van der Waals surface area contributed by atoms with Crippen molar-refractivity contribution in [2.24, 2.45) is 0 Å². The molecule has 1 aliphatic heterocycles. The Bertz CT molecular complexity index is 851. The molecule has 116 valence electrons. The van der Waals surface area contributed by atoms with Crippen LogP contribution in [0.15, 0.2) is 59.3 Å². The van der Waals surface area contributed by atoms with E-state index in [1.54, 1.807) is 6.07 Å². The summed E-state index contributed by atoms with van der Waals surface area (Å²) >= 11 is 5.88. The predicted octanol–water partition coefficient (Wildman–Crippen LogP) is 3.40. The average Bonchev–Trinajstić information content (AvgIpc) is 2.74. The fraction of sp³-hybridized carbons (Fsp3) is 0.